The molecule has 1 saturated heterocycles. The van der Waals surface area contributed by atoms with Crippen molar-refractivity contribution in [3.8, 4) is 5.75 Å². The number of halogens is 7. The van der Waals surface area contributed by atoms with Crippen molar-refractivity contribution in [3.05, 3.63) is 82.6 Å². The van der Waals surface area contributed by atoms with Gasteiger partial charge in [0.25, 0.3) is 0 Å². The van der Waals surface area contributed by atoms with Gasteiger partial charge in [0.15, 0.2) is 11.6 Å². The van der Waals surface area contributed by atoms with Crippen molar-refractivity contribution in [1.29, 1.82) is 0 Å². The Bertz CT molecular complexity index is 1770. The molecule has 5 rings (SSSR count). The van der Waals surface area contributed by atoms with Gasteiger partial charge in [-0.1, -0.05) is 41.7 Å². The Morgan fingerprint density at radius 3 is 2.27 bits per heavy atom. The predicted molar refractivity (Wildman–Crippen MR) is 159 cm³/mol. The molecule has 2 aromatic carbocycles. The highest BCUT2D eigenvalue weighted by molar-refractivity contribution is 7.15. The molecule has 0 saturated carbocycles. The lowest BCUT2D eigenvalue weighted by atomic mass is 10.1. The minimum atomic E-state index is -5.08. The zero-order valence-electron chi connectivity index (χ0n) is 24.8. The Kier molecular flexibility index (Phi) is 11.6. The number of aliphatic carboxylic acids is 1. The SMILES string of the molecule is O=C(Cc1cccc(OC(F)(F)F)c1)Nc1ccc(N2CCC(c3nnc(NC(=O)Cc4ccccc4F)s3)C2)nn1.O=C(O)C(F)(F)F. The summed E-state index contributed by atoms with van der Waals surface area (Å²) in [7, 11) is 0. The molecular formula is C29H24F7N7O5S. The van der Waals surface area contributed by atoms with E-state index in [4.69, 9.17) is 9.90 Å². The Labute approximate surface area is 275 Å². The maximum absolute atomic E-state index is 13.8. The second-order valence-electron chi connectivity index (χ2n) is 10.2. The van der Waals surface area contributed by atoms with E-state index < -0.39 is 36.0 Å². The molecule has 1 unspecified atom stereocenters. The van der Waals surface area contributed by atoms with Gasteiger partial charge in [0, 0.05) is 19.0 Å². The number of carbonyl (C=O) groups excluding carboxylic acids is 2. The van der Waals surface area contributed by atoms with Gasteiger partial charge >= 0.3 is 18.5 Å². The smallest absolute Gasteiger partial charge is 0.475 e. The molecule has 3 heterocycles. The van der Waals surface area contributed by atoms with E-state index in [0.29, 0.717) is 35.2 Å². The lowest BCUT2D eigenvalue weighted by Gasteiger charge is -2.16. The van der Waals surface area contributed by atoms with Crippen molar-refractivity contribution >= 4 is 45.9 Å². The van der Waals surface area contributed by atoms with Crippen LogP contribution in [0.25, 0.3) is 0 Å². The molecule has 4 aromatic rings. The molecule has 0 bridgehead atoms. The Morgan fingerprint density at radius 2 is 1.61 bits per heavy atom. The third-order valence-corrected chi connectivity index (χ3v) is 7.52. The highest BCUT2D eigenvalue weighted by Gasteiger charge is 2.38. The Hall–Kier alpha value is -5.40. The monoisotopic (exact) mass is 715 g/mol. The van der Waals surface area contributed by atoms with Crippen LogP contribution in [0.4, 0.5) is 47.5 Å². The lowest BCUT2D eigenvalue weighted by molar-refractivity contribution is -0.274. The number of nitrogens with zero attached hydrogens (tertiary/aromatic N) is 5. The number of benzene rings is 2. The second kappa shape index (κ2) is 15.7. The van der Waals surface area contributed by atoms with E-state index >= 15 is 0 Å². The topological polar surface area (TPSA) is 160 Å². The third-order valence-electron chi connectivity index (χ3n) is 6.51. The van der Waals surface area contributed by atoms with E-state index in [2.05, 4.69) is 35.8 Å². The summed E-state index contributed by atoms with van der Waals surface area (Å²) < 4.78 is 86.8. The summed E-state index contributed by atoms with van der Waals surface area (Å²) >= 11 is 1.26. The first-order valence-electron chi connectivity index (χ1n) is 14.0. The van der Waals surface area contributed by atoms with Crippen LogP contribution < -0.4 is 20.3 Å². The first-order chi connectivity index (χ1) is 23.1. The van der Waals surface area contributed by atoms with Gasteiger partial charge in [-0.25, -0.2) is 9.18 Å². The maximum Gasteiger partial charge on any atom is 0.573 e. The summed E-state index contributed by atoms with van der Waals surface area (Å²) in [5.74, 6) is -3.63. The number of alkyl halides is 6. The summed E-state index contributed by atoms with van der Waals surface area (Å²) in [6, 6.07) is 14.6. The van der Waals surface area contributed by atoms with E-state index in [-0.39, 0.29) is 30.5 Å². The molecule has 0 spiro atoms. The van der Waals surface area contributed by atoms with Crippen LogP contribution in [0.5, 0.6) is 5.75 Å². The van der Waals surface area contributed by atoms with Gasteiger partial charge in [0.1, 0.15) is 16.6 Å². The molecule has 49 heavy (non-hydrogen) atoms. The molecule has 20 heteroatoms. The molecule has 1 atom stereocenters. The normalized spacial score (nSPS) is 14.4. The Morgan fingerprint density at radius 1 is 0.898 bits per heavy atom. The number of anilines is 3. The number of rotatable bonds is 9. The van der Waals surface area contributed by atoms with Crippen molar-refractivity contribution in [3.63, 3.8) is 0 Å². The third kappa shape index (κ3) is 11.4. The molecule has 0 aliphatic carbocycles. The molecular weight excluding hydrogens is 691 g/mol. The Balaban J connectivity index is 0.000000698. The quantitative estimate of drug-likeness (QED) is 0.193. The number of aromatic nitrogens is 4. The van der Waals surface area contributed by atoms with E-state index in [1.54, 1.807) is 30.3 Å². The van der Waals surface area contributed by atoms with Crippen molar-refractivity contribution in [2.75, 3.05) is 28.6 Å². The van der Waals surface area contributed by atoms with Crippen molar-refractivity contribution in [2.45, 2.75) is 37.7 Å². The van der Waals surface area contributed by atoms with Crippen LogP contribution in [0.15, 0.2) is 60.7 Å². The predicted octanol–water partition coefficient (Wildman–Crippen LogP) is 5.36. The average molecular weight is 716 g/mol. The second-order valence-corrected chi connectivity index (χ2v) is 11.2. The van der Waals surface area contributed by atoms with Gasteiger partial charge < -0.3 is 25.4 Å². The number of amides is 2. The van der Waals surface area contributed by atoms with Gasteiger partial charge in [0.05, 0.1) is 12.8 Å². The van der Waals surface area contributed by atoms with Crippen LogP contribution in [0, 0.1) is 5.82 Å². The number of carboxylic acid groups (broad SMARTS) is 1. The zero-order chi connectivity index (χ0) is 35.8. The summed E-state index contributed by atoms with van der Waals surface area (Å²) in [6.07, 6.45) is -9.43. The molecule has 2 aromatic heterocycles. The molecule has 3 N–H and O–H groups in total. The molecule has 260 valence electrons. The molecule has 1 fully saturated rings. The van der Waals surface area contributed by atoms with Crippen LogP contribution in [-0.2, 0) is 27.2 Å². The van der Waals surface area contributed by atoms with Crippen LogP contribution in [0.3, 0.4) is 0 Å². The average Bonchev–Trinajstić information content (AvgIpc) is 3.68. The van der Waals surface area contributed by atoms with Crippen LogP contribution >= 0.6 is 11.3 Å². The van der Waals surface area contributed by atoms with Gasteiger partial charge in [-0.3, -0.25) is 9.59 Å². The molecule has 0 radical (unpaired) electrons. The maximum atomic E-state index is 13.8. The number of carbonyl (C=O) groups is 3. The highest BCUT2D eigenvalue weighted by Crippen LogP contribution is 2.33. The van der Waals surface area contributed by atoms with Crippen molar-refractivity contribution < 1.29 is 55.0 Å². The largest absolute Gasteiger partial charge is 0.573 e. The van der Waals surface area contributed by atoms with Crippen molar-refractivity contribution in [1.82, 2.24) is 20.4 Å². The molecule has 12 nitrogen and oxygen atoms in total. The van der Waals surface area contributed by atoms with E-state index in [9.17, 15) is 40.3 Å². The van der Waals surface area contributed by atoms with E-state index in [1.807, 2.05) is 4.90 Å². The highest BCUT2D eigenvalue weighted by atomic mass is 32.1. The van der Waals surface area contributed by atoms with Crippen LogP contribution in [-0.4, -0.2) is 68.9 Å². The van der Waals surface area contributed by atoms with E-state index in [0.717, 1.165) is 23.6 Å². The molecule has 2 amide bonds. The zero-order valence-corrected chi connectivity index (χ0v) is 25.6. The molecule has 1 aliphatic heterocycles. The summed E-state index contributed by atoms with van der Waals surface area (Å²) in [5, 5.41) is 30.0. The first kappa shape index (κ1) is 36.4. The van der Waals surface area contributed by atoms with Gasteiger partial charge in [0.2, 0.25) is 16.9 Å². The van der Waals surface area contributed by atoms with Gasteiger partial charge in [-0.2, -0.15) is 13.2 Å². The minimum Gasteiger partial charge on any atom is -0.475 e. The van der Waals surface area contributed by atoms with Gasteiger partial charge in [-0.15, -0.1) is 33.6 Å². The fourth-order valence-corrected chi connectivity index (χ4v) is 5.27. The fourth-order valence-electron chi connectivity index (χ4n) is 4.38. The number of hydrogen-bond donors (Lipinski definition) is 3. The number of carboxylic acids is 1. The van der Waals surface area contributed by atoms with Crippen LogP contribution in [0.1, 0.15) is 28.5 Å². The standard InChI is InChI=1S/C27H23F4N7O3S.C2HF3O2/c28-20-7-2-1-5-17(20)14-24(40)33-26-37-36-25(42-26)18-10-11-38(15-18)22-9-8-21(34-35-22)32-23(39)13-16-4-3-6-19(12-16)41-27(29,30)31;3-2(4,5)1(6)7/h1-9,12,18H,10-11,13-15H2,(H,32,34,39)(H,33,37,40);(H,6,7). The molecule has 1 aliphatic rings. The first-order valence-corrected chi connectivity index (χ1v) is 14.8. The number of ether oxygens (including phenoxy) is 1. The van der Waals surface area contributed by atoms with E-state index in [1.165, 1.54) is 29.5 Å². The van der Waals surface area contributed by atoms with Crippen LogP contribution in [0.2, 0.25) is 0 Å². The lowest BCUT2D eigenvalue weighted by Crippen LogP contribution is -2.21. The van der Waals surface area contributed by atoms with Gasteiger partial charge in [-0.05, 0) is 47.9 Å². The summed E-state index contributed by atoms with van der Waals surface area (Å²) in [5.41, 5.74) is 0.633. The summed E-state index contributed by atoms with van der Waals surface area (Å²) in [4.78, 5) is 35.6. The number of hydrogen-bond acceptors (Lipinski definition) is 10. The van der Waals surface area contributed by atoms with Crippen molar-refractivity contribution in [2.24, 2.45) is 0 Å². The fraction of sp³-hybridized carbons (Fsp3) is 0.276. The minimum absolute atomic E-state index is 0.0537. The number of nitrogens with one attached hydrogen (secondary N) is 2. The summed E-state index contributed by atoms with van der Waals surface area (Å²) in [6.45, 7) is 1.27.